The summed E-state index contributed by atoms with van der Waals surface area (Å²) in [6.07, 6.45) is 2.72. The predicted octanol–water partition coefficient (Wildman–Crippen LogP) is 5.06. The molecule has 0 spiro atoms. The highest BCUT2D eigenvalue weighted by molar-refractivity contribution is 9.10. The first-order valence-electron chi connectivity index (χ1n) is 12.4. The molecule has 0 unspecified atom stereocenters. The molecule has 196 valence electrons. The summed E-state index contributed by atoms with van der Waals surface area (Å²) in [5, 5.41) is 0. The van der Waals surface area contributed by atoms with Gasteiger partial charge in [-0.15, -0.1) is 0 Å². The Bertz CT molecular complexity index is 1220. The number of furan rings is 1. The predicted molar refractivity (Wildman–Crippen MR) is 133 cm³/mol. The summed E-state index contributed by atoms with van der Waals surface area (Å²) in [5.41, 5.74) is -0.579. The van der Waals surface area contributed by atoms with Gasteiger partial charge in [0.15, 0.2) is 11.9 Å². The summed E-state index contributed by atoms with van der Waals surface area (Å²) in [6.45, 7) is 3.86. The van der Waals surface area contributed by atoms with Gasteiger partial charge in [-0.3, -0.25) is 14.4 Å². The average Bonchev–Trinajstić information content (AvgIpc) is 3.40. The molecule has 3 aliphatic rings. The summed E-state index contributed by atoms with van der Waals surface area (Å²) >= 11 is 3.34. The third-order valence-electron chi connectivity index (χ3n) is 8.83. The Morgan fingerprint density at radius 3 is 2.46 bits per heavy atom. The highest BCUT2D eigenvalue weighted by Gasteiger charge is 2.67. The van der Waals surface area contributed by atoms with Gasteiger partial charge in [-0.05, 0) is 60.4 Å². The van der Waals surface area contributed by atoms with Crippen LogP contribution >= 0.6 is 15.9 Å². The van der Waals surface area contributed by atoms with E-state index >= 15 is 0 Å². The van der Waals surface area contributed by atoms with Gasteiger partial charge in [-0.25, -0.2) is 4.79 Å². The Morgan fingerprint density at radius 1 is 1.08 bits per heavy atom. The summed E-state index contributed by atoms with van der Waals surface area (Å²) in [4.78, 5) is 53.5. The molecular weight excluding hydrogens is 544 g/mol. The van der Waals surface area contributed by atoms with Gasteiger partial charge in [0.1, 0.15) is 6.10 Å². The molecule has 37 heavy (non-hydrogen) atoms. The third-order valence-corrected chi connectivity index (χ3v) is 9.36. The van der Waals surface area contributed by atoms with Crippen molar-refractivity contribution in [3.8, 4) is 0 Å². The van der Waals surface area contributed by atoms with Gasteiger partial charge in [0.05, 0.1) is 37.0 Å². The van der Waals surface area contributed by atoms with Crippen LogP contribution in [0.25, 0.3) is 0 Å². The van der Waals surface area contributed by atoms with Gasteiger partial charge in [-0.2, -0.15) is 0 Å². The summed E-state index contributed by atoms with van der Waals surface area (Å²) in [5.74, 6) is -3.63. The fraction of sp³-hybridized carbons (Fsp3) is 0.500. The first kappa shape index (κ1) is 25.7. The number of carbonyl (C=O) groups is 4. The summed E-state index contributed by atoms with van der Waals surface area (Å²) < 4.78 is 22.7. The van der Waals surface area contributed by atoms with E-state index < -0.39 is 52.7 Å². The zero-order valence-corrected chi connectivity index (χ0v) is 22.5. The van der Waals surface area contributed by atoms with E-state index in [-0.39, 0.29) is 18.2 Å². The quantitative estimate of drug-likeness (QED) is 0.369. The molecular formula is C28H29BrO8. The van der Waals surface area contributed by atoms with E-state index in [0.717, 1.165) is 4.47 Å². The van der Waals surface area contributed by atoms with Crippen molar-refractivity contribution < 1.29 is 37.8 Å². The normalized spacial score (nSPS) is 35.1. The van der Waals surface area contributed by atoms with Gasteiger partial charge in [0.25, 0.3) is 0 Å². The summed E-state index contributed by atoms with van der Waals surface area (Å²) in [7, 11) is 1.32. The van der Waals surface area contributed by atoms with Crippen LogP contribution in [-0.2, 0) is 28.6 Å². The minimum absolute atomic E-state index is 0.0388. The molecule has 1 saturated heterocycles. The lowest BCUT2D eigenvalue weighted by atomic mass is 9.43. The first-order chi connectivity index (χ1) is 17.6. The Hall–Kier alpha value is -2.94. The fourth-order valence-electron chi connectivity index (χ4n) is 7.05. The Kier molecular flexibility index (Phi) is 6.54. The number of esters is 3. The number of hydrogen-bond donors (Lipinski definition) is 0. The number of benzene rings is 1. The average molecular weight is 573 g/mol. The van der Waals surface area contributed by atoms with Crippen LogP contribution < -0.4 is 0 Å². The molecule has 0 radical (unpaired) electrons. The fourth-order valence-corrected chi connectivity index (χ4v) is 7.31. The number of fused-ring (bicyclic) bond motifs is 3. The van der Waals surface area contributed by atoms with Crippen LogP contribution in [0.5, 0.6) is 0 Å². The van der Waals surface area contributed by atoms with E-state index in [4.69, 9.17) is 18.6 Å². The third kappa shape index (κ3) is 4.21. The number of Topliss-reactive ketones (excluding diaryl/α,β-unsaturated/α-hetero) is 1. The van der Waals surface area contributed by atoms with Crippen molar-refractivity contribution in [3.63, 3.8) is 0 Å². The highest BCUT2D eigenvalue weighted by Crippen LogP contribution is 2.65. The lowest BCUT2D eigenvalue weighted by Gasteiger charge is -2.61. The molecule has 0 N–H and O–H groups in total. The Balaban J connectivity index is 1.53. The van der Waals surface area contributed by atoms with Crippen molar-refractivity contribution in [2.45, 2.75) is 51.7 Å². The van der Waals surface area contributed by atoms with E-state index in [1.54, 1.807) is 30.3 Å². The topological polar surface area (TPSA) is 109 Å². The van der Waals surface area contributed by atoms with Gasteiger partial charge in [-0.1, -0.05) is 29.8 Å². The van der Waals surface area contributed by atoms with Crippen molar-refractivity contribution in [1.82, 2.24) is 0 Å². The molecule has 1 aromatic heterocycles. The highest BCUT2D eigenvalue weighted by atomic mass is 79.9. The molecule has 0 bridgehead atoms. The van der Waals surface area contributed by atoms with Crippen LogP contribution in [0, 0.1) is 28.6 Å². The van der Waals surface area contributed by atoms with E-state index in [9.17, 15) is 19.2 Å². The number of ketones is 1. The van der Waals surface area contributed by atoms with Gasteiger partial charge in [0.2, 0.25) is 0 Å². The van der Waals surface area contributed by atoms with Crippen LogP contribution in [0.1, 0.15) is 61.6 Å². The monoisotopic (exact) mass is 572 g/mol. The number of ether oxygens (including phenoxy) is 3. The van der Waals surface area contributed by atoms with Crippen LogP contribution in [0.15, 0.2) is 51.7 Å². The minimum atomic E-state index is -1.14. The maximum absolute atomic E-state index is 14.2. The second-order valence-electron chi connectivity index (χ2n) is 10.8. The molecule has 3 fully saturated rings. The molecule has 0 amide bonds. The standard InChI is InChI=1S/C28H29BrO8/c1-27-10-8-18-26(33)37-21(16-9-11-35-14-16)13-28(18,2)23(27)22(30)20(12-19(27)25(32)34-3)36-24(31)15-4-6-17(29)7-5-15/h4-7,9,11,14,18-21,23H,8,10,12-13H2,1-3H3/t18-,19+,20+,21+,23+,27+,28+/m1/s1. The van der Waals surface area contributed by atoms with Gasteiger partial charge in [0, 0.05) is 22.4 Å². The molecule has 2 heterocycles. The van der Waals surface area contributed by atoms with Crippen molar-refractivity contribution >= 4 is 39.6 Å². The number of cyclic esters (lactones) is 1. The molecule has 2 aromatic rings. The molecule has 1 aliphatic heterocycles. The van der Waals surface area contributed by atoms with Crippen molar-refractivity contribution in [3.05, 3.63) is 58.5 Å². The lowest BCUT2D eigenvalue weighted by Crippen LogP contribution is -2.64. The smallest absolute Gasteiger partial charge is 0.338 e. The lowest BCUT2D eigenvalue weighted by molar-refractivity contribution is -0.208. The SMILES string of the molecule is COC(=O)[C@@H]1C[C@H](OC(=O)c2ccc(Br)cc2)C(=O)[C@@H]2[C@@]3(C)C[C@@H](c4ccoc4)OC(=O)[C@H]3CC[C@]21C. The second-order valence-corrected chi connectivity index (χ2v) is 11.8. The zero-order valence-electron chi connectivity index (χ0n) is 20.9. The largest absolute Gasteiger partial charge is 0.472 e. The summed E-state index contributed by atoms with van der Waals surface area (Å²) in [6, 6.07) is 8.37. The Morgan fingerprint density at radius 2 is 1.81 bits per heavy atom. The molecule has 2 saturated carbocycles. The van der Waals surface area contributed by atoms with E-state index in [2.05, 4.69) is 15.9 Å². The van der Waals surface area contributed by atoms with Crippen LogP contribution in [-0.4, -0.2) is 36.9 Å². The van der Waals surface area contributed by atoms with Crippen LogP contribution in [0.4, 0.5) is 0 Å². The van der Waals surface area contributed by atoms with E-state index in [0.29, 0.717) is 30.4 Å². The van der Waals surface area contributed by atoms with E-state index in [1.165, 1.54) is 19.6 Å². The number of halogens is 1. The molecule has 2 aliphatic carbocycles. The number of hydrogen-bond acceptors (Lipinski definition) is 8. The number of methoxy groups -OCH3 is 1. The molecule has 5 rings (SSSR count). The minimum Gasteiger partial charge on any atom is -0.472 e. The first-order valence-corrected chi connectivity index (χ1v) is 13.2. The van der Waals surface area contributed by atoms with Crippen molar-refractivity contribution in [2.75, 3.05) is 7.11 Å². The van der Waals surface area contributed by atoms with Gasteiger partial charge < -0.3 is 18.6 Å². The number of carbonyl (C=O) groups excluding carboxylic acids is 4. The second kappa shape index (κ2) is 9.42. The van der Waals surface area contributed by atoms with Gasteiger partial charge >= 0.3 is 17.9 Å². The van der Waals surface area contributed by atoms with Crippen LogP contribution in [0.2, 0.25) is 0 Å². The maximum atomic E-state index is 14.2. The molecule has 9 heteroatoms. The van der Waals surface area contributed by atoms with Crippen LogP contribution in [0.3, 0.4) is 0 Å². The maximum Gasteiger partial charge on any atom is 0.338 e. The molecule has 8 nitrogen and oxygen atoms in total. The van der Waals surface area contributed by atoms with Crippen molar-refractivity contribution in [1.29, 1.82) is 0 Å². The molecule has 7 atom stereocenters. The Labute approximate surface area is 223 Å². The van der Waals surface area contributed by atoms with Crippen molar-refractivity contribution in [2.24, 2.45) is 28.6 Å². The molecule has 1 aromatic carbocycles. The number of rotatable bonds is 4. The van der Waals surface area contributed by atoms with E-state index in [1.807, 2.05) is 13.8 Å². The zero-order chi connectivity index (χ0) is 26.5.